The second-order valence-corrected chi connectivity index (χ2v) is 9.28. The van der Waals surface area contributed by atoms with Gasteiger partial charge in [0.15, 0.2) is 11.5 Å². The highest BCUT2D eigenvalue weighted by atomic mass is 35.5. The van der Waals surface area contributed by atoms with Gasteiger partial charge in [-0.3, -0.25) is 14.5 Å². The Morgan fingerprint density at radius 2 is 1.80 bits per heavy atom. The average Bonchev–Trinajstić information content (AvgIpc) is 3.11. The molecular weight excluding hydrogens is 489 g/mol. The molecule has 180 valence electrons. The molecule has 0 radical (unpaired) electrons. The van der Waals surface area contributed by atoms with Crippen LogP contribution in [0.4, 0.5) is 9.18 Å². The van der Waals surface area contributed by atoms with Crippen molar-refractivity contribution in [2.75, 3.05) is 13.7 Å². The molecule has 1 fully saturated rings. The largest absolute Gasteiger partial charge is 0.493 e. The van der Waals surface area contributed by atoms with Crippen LogP contribution >= 0.6 is 23.4 Å². The fraction of sp³-hybridized carbons (Fsp3) is 0.185. The SMILES string of the molecule is COc1cc(/C=C2/SC(=O)N(CCCc3ccccc3)C2=O)cc(Cl)c1OCc1cccc(F)c1. The number of aryl methyl sites for hydroxylation is 1. The minimum Gasteiger partial charge on any atom is -0.493 e. The third-order valence-electron chi connectivity index (χ3n) is 5.39. The highest BCUT2D eigenvalue weighted by Crippen LogP contribution is 2.39. The third-order valence-corrected chi connectivity index (χ3v) is 6.57. The Balaban J connectivity index is 1.45. The van der Waals surface area contributed by atoms with Gasteiger partial charge in [0, 0.05) is 6.54 Å². The van der Waals surface area contributed by atoms with Gasteiger partial charge < -0.3 is 9.47 Å². The van der Waals surface area contributed by atoms with Crippen molar-refractivity contribution >= 4 is 40.6 Å². The molecule has 35 heavy (non-hydrogen) atoms. The fourth-order valence-corrected chi connectivity index (χ4v) is 4.81. The monoisotopic (exact) mass is 511 g/mol. The van der Waals surface area contributed by atoms with E-state index in [0.717, 1.165) is 23.7 Å². The van der Waals surface area contributed by atoms with E-state index >= 15 is 0 Å². The van der Waals surface area contributed by atoms with Gasteiger partial charge in [-0.25, -0.2) is 4.39 Å². The first kappa shape index (κ1) is 24.8. The summed E-state index contributed by atoms with van der Waals surface area (Å²) in [4.78, 5) is 26.9. The van der Waals surface area contributed by atoms with Crippen molar-refractivity contribution in [3.63, 3.8) is 0 Å². The van der Waals surface area contributed by atoms with Crippen LogP contribution < -0.4 is 9.47 Å². The molecule has 8 heteroatoms. The van der Waals surface area contributed by atoms with Gasteiger partial charge in [-0.15, -0.1) is 0 Å². The number of nitrogens with zero attached hydrogens (tertiary/aromatic N) is 1. The second-order valence-electron chi connectivity index (χ2n) is 7.88. The van der Waals surface area contributed by atoms with Crippen LogP contribution in [0.1, 0.15) is 23.1 Å². The van der Waals surface area contributed by atoms with Crippen molar-refractivity contribution in [1.82, 2.24) is 4.90 Å². The van der Waals surface area contributed by atoms with Gasteiger partial charge in [-0.1, -0.05) is 54.1 Å². The van der Waals surface area contributed by atoms with E-state index in [0.29, 0.717) is 40.5 Å². The number of hydrogen-bond acceptors (Lipinski definition) is 5. The van der Waals surface area contributed by atoms with Gasteiger partial charge in [0.1, 0.15) is 12.4 Å². The summed E-state index contributed by atoms with van der Waals surface area (Å²) in [6.45, 7) is 0.461. The minimum absolute atomic E-state index is 0.106. The van der Waals surface area contributed by atoms with Gasteiger partial charge >= 0.3 is 0 Å². The van der Waals surface area contributed by atoms with E-state index in [2.05, 4.69) is 0 Å². The molecule has 1 aliphatic heterocycles. The number of rotatable bonds is 9. The van der Waals surface area contributed by atoms with E-state index in [1.807, 2.05) is 30.3 Å². The Hall–Kier alpha value is -3.29. The van der Waals surface area contributed by atoms with E-state index in [4.69, 9.17) is 21.1 Å². The number of carbonyl (C=O) groups is 2. The number of hydrogen-bond donors (Lipinski definition) is 0. The van der Waals surface area contributed by atoms with Crippen molar-refractivity contribution in [3.8, 4) is 11.5 Å². The summed E-state index contributed by atoms with van der Waals surface area (Å²) in [6, 6.07) is 19.3. The molecule has 5 nitrogen and oxygen atoms in total. The maximum absolute atomic E-state index is 13.4. The zero-order valence-corrected chi connectivity index (χ0v) is 20.6. The normalized spacial score (nSPS) is 14.6. The smallest absolute Gasteiger partial charge is 0.293 e. The molecule has 0 unspecified atom stereocenters. The number of thioether (sulfide) groups is 1. The lowest BCUT2D eigenvalue weighted by Gasteiger charge is -2.14. The second kappa shape index (κ2) is 11.4. The zero-order chi connectivity index (χ0) is 24.8. The molecule has 0 spiro atoms. The van der Waals surface area contributed by atoms with Gasteiger partial charge in [0.05, 0.1) is 17.0 Å². The van der Waals surface area contributed by atoms with Crippen molar-refractivity contribution in [3.05, 3.63) is 99.2 Å². The molecule has 1 heterocycles. The first-order valence-electron chi connectivity index (χ1n) is 11.0. The lowest BCUT2D eigenvalue weighted by atomic mass is 10.1. The fourth-order valence-electron chi connectivity index (χ4n) is 3.68. The topological polar surface area (TPSA) is 55.8 Å². The molecule has 3 aromatic rings. The third kappa shape index (κ3) is 6.24. The number of benzene rings is 3. The molecule has 0 aliphatic carbocycles. The van der Waals surface area contributed by atoms with Gasteiger partial charge in [-0.05, 0) is 71.6 Å². The Bertz CT molecular complexity index is 1270. The molecule has 0 saturated carbocycles. The lowest BCUT2D eigenvalue weighted by Crippen LogP contribution is -2.29. The number of ether oxygens (including phenoxy) is 2. The van der Waals surface area contributed by atoms with Crippen LogP contribution in [0.2, 0.25) is 5.02 Å². The first-order chi connectivity index (χ1) is 16.9. The van der Waals surface area contributed by atoms with Crippen LogP contribution in [-0.4, -0.2) is 29.7 Å². The van der Waals surface area contributed by atoms with Crippen molar-refractivity contribution in [2.45, 2.75) is 19.4 Å². The first-order valence-corrected chi connectivity index (χ1v) is 12.2. The predicted octanol–water partition coefficient (Wildman–Crippen LogP) is 6.74. The minimum atomic E-state index is -0.353. The summed E-state index contributed by atoms with van der Waals surface area (Å²) < 4.78 is 24.6. The number of imide groups is 1. The van der Waals surface area contributed by atoms with Gasteiger partial charge in [0.2, 0.25) is 0 Å². The summed E-state index contributed by atoms with van der Waals surface area (Å²) >= 11 is 7.34. The lowest BCUT2D eigenvalue weighted by molar-refractivity contribution is -0.122. The van der Waals surface area contributed by atoms with E-state index in [1.54, 1.807) is 30.3 Å². The molecule has 1 saturated heterocycles. The maximum atomic E-state index is 13.4. The van der Waals surface area contributed by atoms with Crippen LogP contribution in [0.5, 0.6) is 11.5 Å². The number of halogens is 2. The van der Waals surface area contributed by atoms with Crippen LogP contribution in [-0.2, 0) is 17.8 Å². The van der Waals surface area contributed by atoms with Gasteiger partial charge in [-0.2, -0.15) is 0 Å². The highest BCUT2D eigenvalue weighted by Gasteiger charge is 2.34. The number of carbonyl (C=O) groups excluding carboxylic acids is 2. The standard InChI is InChI=1S/C27H23ClFNO4S/c1-33-23-15-20(14-22(28)25(23)34-17-19-9-5-11-21(29)13-19)16-24-26(31)30(27(32)35-24)12-6-10-18-7-3-2-4-8-18/h2-5,7-9,11,13-16H,6,10,12,17H2,1H3/b24-16+. The Morgan fingerprint density at radius 3 is 2.54 bits per heavy atom. The highest BCUT2D eigenvalue weighted by molar-refractivity contribution is 8.18. The van der Waals surface area contributed by atoms with Crippen LogP contribution in [0.15, 0.2) is 71.6 Å². The Labute approximate surface area is 212 Å². The molecule has 0 N–H and O–H groups in total. The molecule has 3 aromatic carbocycles. The summed E-state index contributed by atoms with van der Waals surface area (Å²) in [5.41, 5.74) is 2.41. The van der Waals surface area contributed by atoms with Crippen LogP contribution in [0, 0.1) is 5.82 Å². The number of amides is 2. The molecule has 0 aromatic heterocycles. The quantitative estimate of drug-likeness (QED) is 0.298. The molecule has 0 bridgehead atoms. The zero-order valence-electron chi connectivity index (χ0n) is 19.0. The van der Waals surface area contributed by atoms with E-state index < -0.39 is 0 Å². The van der Waals surface area contributed by atoms with E-state index in [1.165, 1.54) is 24.1 Å². The predicted molar refractivity (Wildman–Crippen MR) is 136 cm³/mol. The summed E-state index contributed by atoms with van der Waals surface area (Å²) in [6.07, 6.45) is 3.09. The summed E-state index contributed by atoms with van der Waals surface area (Å²) in [5.74, 6) is -0.00468. The number of methoxy groups -OCH3 is 1. The molecule has 1 aliphatic rings. The van der Waals surface area contributed by atoms with Crippen LogP contribution in [0.3, 0.4) is 0 Å². The van der Waals surface area contributed by atoms with Crippen molar-refractivity contribution in [1.29, 1.82) is 0 Å². The van der Waals surface area contributed by atoms with Crippen molar-refractivity contribution < 1.29 is 23.5 Å². The van der Waals surface area contributed by atoms with Crippen LogP contribution in [0.25, 0.3) is 6.08 Å². The summed E-state index contributed by atoms with van der Waals surface area (Å²) in [7, 11) is 1.48. The Kier molecular flexibility index (Phi) is 8.10. The molecule has 0 atom stereocenters. The van der Waals surface area contributed by atoms with E-state index in [-0.39, 0.29) is 28.6 Å². The molecule has 4 rings (SSSR count). The van der Waals surface area contributed by atoms with Crippen molar-refractivity contribution in [2.24, 2.45) is 0 Å². The molecular formula is C27H23ClFNO4S. The van der Waals surface area contributed by atoms with E-state index in [9.17, 15) is 14.0 Å². The Morgan fingerprint density at radius 1 is 1.03 bits per heavy atom. The molecule has 2 amide bonds. The summed E-state index contributed by atoms with van der Waals surface area (Å²) in [5, 5.41) is -0.0171. The van der Waals surface area contributed by atoms with Gasteiger partial charge in [0.25, 0.3) is 11.1 Å². The maximum Gasteiger partial charge on any atom is 0.293 e. The average molecular weight is 512 g/mol.